The lowest BCUT2D eigenvalue weighted by atomic mass is 9.78. The zero-order valence-electron chi connectivity index (χ0n) is 10.7. The Hall–Kier alpha value is -1.46. The van der Waals surface area contributed by atoms with Gasteiger partial charge >= 0.3 is 0 Å². The molecule has 2 aliphatic rings. The van der Waals surface area contributed by atoms with Crippen LogP contribution in [0.3, 0.4) is 0 Å². The van der Waals surface area contributed by atoms with Gasteiger partial charge in [-0.2, -0.15) is 0 Å². The molecule has 2 saturated heterocycles. The van der Waals surface area contributed by atoms with Crippen LogP contribution in [0.4, 0.5) is 10.1 Å². The third kappa shape index (κ3) is 2.03. The summed E-state index contributed by atoms with van der Waals surface area (Å²) < 4.78 is 13.0. The minimum Gasteiger partial charge on any atom is -0.351 e. The van der Waals surface area contributed by atoms with E-state index < -0.39 is 0 Å². The van der Waals surface area contributed by atoms with Crippen LogP contribution in [0.5, 0.6) is 0 Å². The number of nitrogens with zero attached hydrogens (tertiary/aromatic N) is 1. The second kappa shape index (κ2) is 4.90. The molecule has 19 heavy (non-hydrogen) atoms. The molecular weight excluding hydrogens is 245 g/mol. The van der Waals surface area contributed by atoms with E-state index in [-0.39, 0.29) is 17.3 Å². The van der Waals surface area contributed by atoms with Crippen molar-refractivity contribution in [2.45, 2.75) is 12.0 Å². The first kappa shape index (κ1) is 12.6. The Kier molecular flexibility index (Phi) is 3.24. The Labute approximate surface area is 112 Å². The highest BCUT2D eigenvalue weighted by atomic mass is 19.1. The Morgan fingerprint density at radius 1 is 1.32 bits per heavy atom. The number of carbonyl (C=O) groups excluding carboxylic acids is 1. The zero-order valence-corrected chi connectivity index (χ0v) is 10.7. The molecule has 0 aliphatic carbocycles. The fourth-order valence-corrected chi connectivity index (χ4v) is 3.27. The lowest BCUT2D eigenvalue weighted by molar-refractivity contribution is -0.113. The van der Waals surface area contributed by atoms with Crippen molar-refractivity contribution in [3.8, 4) is 0 Å². The fraction of sp³-hybridized carbons (Fsp3) is 0.500. The lowest BCUT2D eigenvalue weighted by Gasteiger charge is -2.46. The van der Waals surface area contributed by atoms with Crippen LogP contribution in [0.25, 0.3) is 0 Å². The molecular formula is C14H18FN3O. The Morgan fingerprint density at radius 3 is 2.84 bits per heavy atom. The van der Waals surface area contributed by atoms with E-state index in [0.29, 0.717) is 13.2 Å². The van der Waals surface area contributed by atoms with Crippen LogP contribution in [0.2, 0.25) is 0 Å². The molecule has 2 fully saturated rings. The number of nitrogens with one attached hydrogen (secondary N) is 2. The SMILES string of the molecule is O=CC1CNCCC12CNCN2c1ccc(F)cc1. The predicted molar refractivity (Wildman–Crippen MR) is 71.5 cm³/mol. The van der Waals surface area contributed by atoms with E-state index in [0.717, 1.165) is 31.5 Å². The topological polar surface area (TPSA) is 44.4 Å². The Bertz CT molecular complexity index is 464. The highest BCUT2D eigenvalue weighted by Crippen LogP contribution is 2.36. The molecule has 2 atom stereocenters. The van der Waals surface area contributed by atoms with Gasteiger partial charge in [-0.1, -0.05) is 0 Å². The molecule has 3 rings (SSSR count). The summed E-state index contributed by atoms with van der Waals surface area (Å²) in [6.07, 6.45) is 1.97. The van der Waals surface area contributed by atoms with E-state index in [9.17, 15) is 9.18 Å². The monoisotopic (exact) mass is 263 g/mol. The number of piperidine rings is 1. The summed E-state index contributed by atoms with van der Waals surface area (Å²) in [7, 11) is 0. The van der Waals surface area contributed by atoms with E-state index in [4.69, 9.17) is 0 Å². The summed E-state index contributed by atoms with van der Waals surface area (Å²) in [6, 6.07) is 6.51. The van der Waals surface area contributed by atoms with Gasteiger partial charge in [-0.25, -0.2) is 4.39 Å². The average Bonchev–Trinajstić information content (AvgIpc) is 2.84. The van der Waals surface area contributed by atoms with E-state index in [1.54, 1.807) is 12.1 Å². The van der Waals surface area contributed by atoms with Crippen LogP contribution < -0.4 is 15.5 Å². The second-order valence-electron chi connectivity index (χ2n) is 5.29. The molecule has 2 aliphatic heterocycles. The summed E-state index contributed by atoms with van der Waals surface area (Å²) in [5.74, 6) is -0.275. The van der Waals surface area contributed by atoms with E-state index in [1.165, 1.54) is 12.1 Å². The third-order valence-corrected chi connectivity index (χ3v) is 4.33. The maximum absolute atomic E-state index is 13.0. The second-order valence-corrected chi connectivity index (χ2v) is 5.29. The molecule has 1 aromatic carbocycles. The molecule has 102 valence electrons. The minimum atomic E-state index is -0.234. The first-order valence-corrected chi connectivity index (χ1v) is 6.66. The van der Waals surface area contributed by atoms with Crippen LogP contribution in [-0.4, -0.2) is 38.1 Å². The van der Waals surface area contributed by atoms with Crippen molar-refractivity contribution in [1.29, 1.82) is 0 Å². The van der Waals surface area contributed by atoms with E-state index in [1.807, 2.05) is 0 Å². The molecule has 0 bridgehead atoms. The van der Waals surface area contributed by atoms with E-state index >= 15 is 0 Å². The largest absolute Gasteiger partial charge is 0.351 e. The number of hydrogen-bond donors (Lipinski definition) is 2. The van der Waals surface area contributed by atoms with Crippen molar-refractivity contribution in [3.63, 3.8) is 0 Å². The summed E-state index contributed by atoms with van der Waals surface area (Å²) in [6.45, 7) is 3.12. The molecule has 0 radical (unpaired) electrons. The quantitative estimate of drug-likeness (QED) is 0.773. The zero-order chi connectivity index (χ0) is 13.3. The van der Waals surface area contributed by atoms with Crippen molar-refractivity contribution in [2.75, 3.05) is 31.2 Å². The van der Waals surface area contributed by atoms with Gasteiger partial charge in [-0.15, -0.1) is 0 Å². The van der Waals surface area contributed by atoms with Crippen molar-refractivity contribution in [1.82, 2.24) is 10.6 Å². The smallest absolute Gasteiger partial charge is 0.126 e. The predicted octanol–water partition coefficient (Wildman–Crippen LogP) is 0.740. The maximum Gasteiger partial charge on any atom is 0.126 e. The van der Waals surface area contributed by atoms with Gasteiger partial charge in [0, 0.05) is 18.8 Å². The van der Waals surface area contributed by atoms with Crippen molar-refractivity contribution < 1.29 is 9.18 Å². The molecule has 4 nitrogen and oxygen atoms in total. The van der Waals surface area contributed by atoms with Crippen LogP contribution in [0, 0.1) is 11.7 Å². The van der Waals surface area contributed by atoms with E-state index in [2.05, 4.69) is 15.5 Å². The molecule has 0 saturated carbocycles. The molecule has 5 heteroatoms. The molecule has 1 spiro atoms. The number of carbonyl (C=O) groups is 1. The van der Waals surface area contributed by atoms with Crippen LogP contribution in [0.1, 0.15) is 6.42 Å². The van der Waals surface area contributed by atoms with Gasteiger partial charge in [-0.05, 0) is 37.2 Å². The maximum atomic E-state index is 13.0. The number of anilines is 1. The molecule has 2 unspecified atom stereocenters. The molecule has 2 N–H and O–H groups in total. The number of hydrogen-bond acceptors (Lipinski definition) is 4. The van der Waals surface area contributed by atoms with Gasteiger partial charge in [0.05, 0.1) is 18.1 Å². The number of benzene rings is 1. The molecule has 1 aromatic rings. The standard InChI is InChI=1S/C14H18FN3O/c15-12-1-3-13(4-2-12)18-10-17-9-14(18)5-6-16-7-11(14)8-19/h1-4,8,11,16-17H,5-7,9-10H2. The van der Waals surface area contributed by atoms with Gasteiger partial charge in [-0.3, -0.25) is 5.32 Å². The van der Waals surface area contributed by atoms with Crippen molar-refractivity contribution in [3.05, 3.63) is 30.1 Å². The number of aldehydes is 1. The van der Waals surface area contributed by atoms with Crippen molar-refractivity contribution >= 4 is 12.0 Å². The first-order valence-electron chi connectivity index (χ1n) is 6.66. The Balaban J connectivity index is 1.95. The summed E-state index contributed by atoms with van der Waals surface area (Å²) in [4.78, 5) is 13.6. The first-order chi connectivity index (χ1) is 9.26. The molecule has 0 amide bonds. The normalized spacial score (nSPS) is 30.8. The van der Waals surface area contributed by atoms with Crippen LogP contribution in [0.15, 0.2) is 24.3 Å². The van der Waals surface area contributed by atoms with Crippen LogP contribution >= 0.6 is 0 Å². The fourth-order valence-electron chi connectivity index (χ4n) is 3.27. The Morgan fingerprint density at radius 2 is 2.11 bits per heavy atom. The van der Waals surface area contributed by atoms with Crippen LogP contribution in [-0.2, 0) is 4.79 Å². The van der Waals surface area contributed by atoms with Gasteiger partial charge in [0.25, 0.3) is 0 Å². The van der Waals surface area contributed by atoms with Gasteiger partial charge in [0.1, 0.15) is 12.1 Å². The highest BCUT2D eigenvalue weighted by molar-refractivity contribution is 5.62. The minimum absolute atomic E-state index is 0.0405. The van der Waals surface area contributed by atoms with Gasteiger partial charge < -0.3 is 15.0 Å². The summed E-state index contributed by atoms with van der Waals surface area (Å²) >= 11 is 0. The number of rotatable bonds is 2. The van der Waals surface area contributed by atoms with Crippen molar-refractivity contribution in [2.24, 2.45) is 5.92 Å². The lowest BCUT2D eigenvalue weighted by Crippen LogP contribution is -2.60. The third-order valence-electron chi connectivity index (χ3n) is 4.33. The summed E-state index contributed by atoms with van der Waals surface area (Å²) in [5, 5.41) is 6.63. The number of halogens is 1. The molecule has 2 heterocycles. The van der Waals surface area contributed by atoms with Gasteiger partial charge in [0.15, 0.2) is 0 Å². The van der Waals surface area contributed by atoms with Gasteiger partial charge in [0.2, 0.25) is 0 Å². The average molecular weight is 263 g/mol. The highest BCUT2D eigenvalue weighted by Gasteiger charge is 2.48. The summed E-state index contributed by atoms with van der Waals surface area (Å²) in [5.41, 5.74) is 0.797. The molecule has 0 aromatic heterocycles.